The molecule has 9 heteroatoms. The van der Waals surface area contributed by atoms with Gasteiger partial charge in [-0.1, -0.05) is 53.7 Å². The van der Waals surface area contributed by atoms with Crippen LogP contribution in [0.3, 0.4) is 0 Å². The van der Waals surface area contributed by atoms with Gasteiger partial charge in [-0.25, -0.2) is 8.42 Å². The van der Waals surface area contributed by atoms with Crippen LogP contribution in [0.25, 0.3) is 10.9 Å². The lowest BCUT2D eigenvalue weighted by atomic mass is 10.0. The molecule has 1 unspecified atom stereocenters. The van der Waals surface area contributed by atoms with Crippen LogP contribution in [-0.2, 0) is 27.8 Å². The minimum Gasteiger partial charge on any atom is -0.489 e. The fraction of sp³-hybridized carbons (Fsp3) is 0.222. The Morgan fingerprint density at radius 1 is 1.14 bits per heavy atom. The van der Waals surface area contributed by atoms with Gasteiger partial charge in [0.2, 0.25) is 0 Å². The molecule has 0 radical (unpaired) electrons. The Morgan fingerprint density at radius 2 is 1.86 bits per heavy atom. The van der Waals surface area contributed by atoms with E-state index in [0.717, 1.165) is 26.6 Å². The second kappa shape index (κ2) is 9.84. The van der Waals surface area contributed by atoms with Crippen molar-refractivity contribution in [2.45, 2.75) is 46.6 Å². The van der Waals surface area contributed by atoms with Crippen molar-refractivity contribution in [1.82, 2.24) is 4.57 Å². The molecule has 6 nitrogen and oxygen atoms in total. The standard InChI is InChI=1S/C27H24ClNO5S2/c1-36(32,33)23-15-20(34-16-17-5-3-2-4-6-17)14-22-25(23)27(35-21-9-7-19(28)8-10-21)26-18(13-24(30)31)11-12-29(22)26/h2-10,14-15,18H,11-13,16H2,1H3,(H,30,31). The van der Waals surface area contributed by atoms with Crippen LogP contribution in [0.4, 0.5) is 0 Å². The summed E-state index contributed by atoms with van der Waals surface area (Å²) in [6.07, 6.45) is 1.85. The van der Waals surface area contributed by atoms with Gasteiger partial charge in [-0.3, -0.25) is 4.79 Å². The van der Waals surface area contributed by atoms with Crippen LogP contribution >= 0.6 is 23.4 Å². The third kappa shape index (κ3) is 4.98. The Labute approximate surface area is 218 Å². The first kappa shape index (κ1) is 24.7. The van der Waals surface area contributed by atoms with Gasteiger partial charge in [-0.05, 0) is 42.3 Å². The first-order valence-electron chi connectivity index (χ1n) is 11.4. The molecule has 2 heterocycles. The fourth-order valence-electron chi connectivity index (χ4n) is 4.72. The monoisotopic (exact) mass is 541 g/mol. The quantitative estimate of drug-likeness (QED) is 0.278. The molecule has 0 amide bonds. The van der Waals surface area contributed by atoms with E-state index >= 15 is 0 Å². The fourth-order valence-corrected chi connectivity index (χ4v) is 7.02. The lowest BCUT2D eigenvalue weighted by Gasteiger charge is -2.13. The summed E-state index contributed by atoms with van der Waals surface area (Å²) in [5, 5.41) is 10.8. The highest BCUT2D eigenvalue weighted by atomic mass is 35.5. The van der Waals surface area contributed by atoms with E-state index in [0.29, 0.717) is 35.7 Å². The molecule has 0 bridgehead atoms. The average molecular weight is 542 g/mol. The number of hydrogen-bond acceptors (Lipinski definition) is 5. The molecule has 1 aliphatic rings. The largest absolute Gasteiger partial charge is 0.489 e. The number of benzene rings is 3. The van der Waals surface area contributed by atoms with E-state index in [1.807, 2.05) is 48.5 Å². The number of ether oxygens (including phenoxy) is 1. The number of rotatable bonds is 8. The van der Waals surface area contributed by atoms with Crippen molar-refractivity contribution >= 4 is 50.1 Å². The van der Waals surface area contributed by atoms with E-state index in [1.165, 1.54) is 18.0 Å². The van der Waals surface area contributed by atoms with Crippen LogP contribution < -0.4 is 4.74 Å². The van der Waals surface area contributed by atoms with Crippen molar-refractivity contribution in [3.63, 3.8) is 0 Å². The maximum atomic E-state index is 13.0. The molecule has 3 aromatic carbocycles. The molecule has 0 fully saturated rings. The number of carboxylic acid groups (broad SMARTS) is 1. The predicted molar refractivity (Wildman–Crippen MR) is 141 cm³/mol. The van der Waals surface area contributed by atoms with Gasteiger partial charge in [0, 0.05) is 50.7 Å². The zero-order chi connectivity index (χ0) is 25.4. The summed E-state index contributed by atoms with van der Waals surface area (Å²) < 4.78 is 34.1. The van der Waals surface area contributed by atoms with Crippen LogP contribution in [0.5, 0.6) is 5.75 Å². The molecule has 1 aliphatic heterocycles. The van der Waals surface area contributed by atoms with E-state index in [-0.39, 0.29) is 17.2 Å². The normalized spacial score (nSPS) is 15.2. The lowest BCUT2D eigenvalue weighted by molar-refractivity contribution is -0.137. The number of nitrogens with zero attached hydrogens (tertiary/aromatic N) is 1. The summed E-state index contributed by atoms with van der Waals surface area (Å²) in [4.78, 5) is 13.5. The number of halogens is 1. The Hall–Kier alpha value is -2.94. The summed E-state index contributed by atoms with van der Waals surface area (Å²) in [6, 6.07) is 20.4. The summed E-state index contributed by atoms with van der Waals surface area (Å²) in [7, 11) is -3.63. The zero-order valence-electron chi connectivity index (χ0n) is 19.5. The van der Waals surface area contributed by atoms with Gasteiger partial charge >= 0.3 is 5.97 Å². The van der Waals surface area contributed by atoms with Gasteiger partial charge in [0.15, 0.2) is 9.84 Å². The van der Waals surface area contributed by atoms with Crippen molar-refractivity contribution in [2.75, 3.05) is 6.26 Å². The van der Waals surface area contributed by atoms with Crippen LogP contribution in [0, 0.1) is 0 Å². The highest BCUT2D eigenvalue weighted by Gasteiger charge is 2.34. The van der Waals surface area contributed by atoms with Crippen molar-refractivity contribution in [1.29, 1.82) is 0 Å². The number of hydrogen-bond donors (Lipinski definition) is 1. The SMILES string of the molecule is CS(=O)(=O)c1cc(OCc2ccccc2)cc2c1c(Sc1ccc(Cl)cc1)c1n2CCC1CC(=O)O. The molecule has 0 saturated carbocycles. The summed E-state index contributed by atoms with van der Waals surface area (Å²) in [5.74, 6) is -0.640. The molecule has 4 aromatic rings. The second-order valence-corrected chi connectivity index (χ2v) is 12.4. The molecule has 1 aromatic heterocycles. The van der Waals surface area contributed by atoms with Crippen molar-refractivity contribution in [2.24, 2.45) is 0 Å². The maximum absolute atomic E-state index is 13.0. The summed E-state index contributed by atoms with van der Waals surface area (Å²) in [5.41, 5.74) is 2.57. The van der Waals surface area contributed by atoms with Crippen molar-refractivity contribution < 1.29 is 23.1 Å². The molecule has 186 valence electrons. The van der Waals surface area contributed by atoms with Crippen molar-refractivity contribution in [3.8, 4) is 5.75 Å². The van der Waals surface area contributed by atoms with Gasteiger partial charge in [-0.2, -0.15) is 0 Å². The lowest BCUT2D eigenvalue weighted by Crippen LogP contribution is -2.04. The summed E-state index contributed by atoms with van der Waals surface area (Å²) >= 11 is 7.50. The smallest absolute Gasteiger partial charge is 0.304 e. The number of aromatic nitrogens is 1. The van der Waals surface area contributed by atoms with Crippen LogP contribution in [0.15, 0.2) is 81.4 Å². The van der Waals surface area contributed by atoms with Gasteiger partial charge < -0.3 is 14.4 Å². The maximum Gasteiger partial charge on any atom is 0.304 e. The van der Waals surface area contributed by atoms with Gasteiger partial charge in [0.1, 0.15) is 12.4 Å². The van der Waals surface area contributed by atoms with Crippen LogP contribution in [0.2, 0.25) is 5.02 Å². The van der Waals surface area contributed by atoms with E-state index in [1.54, 1.807) is 18.2 Å². The Morgan fingerprint density at radius 3 is 2.53 bits per heavy atom. The highest BCUT2D eigenvalue weighted by Crippen LogP contribution is 2.49. The second-order valence-electron chi connectivity index (χ2n) is 8.87. The summed E-state index contributed by atoms with van der Waals surface area (Å²) in [6.45, 7) is 0.910. The topological polar surface area (TPSA) is 85.6 Å². The number of sulfone groups is 1. The first-order valence-corrected chi connectivity index (χ1v) is 14.5. The molecule has 1 N–H and O–H groups in total. The van der Waals surface area contributed by atoms with Crippen LogP contribution in [0.1, 0.15) is 30.0 Å². The molecule has 0 spiro atoms. The van der Waals surface area contributed by atoms with Crippen molar-refractivity contribution in [3.05, 3.63) is 83.0 Å². The number of aliphatic carboxylic acids is 1. The van der Waals surface area contributed by atoms with Gasteiger partial charge in [0.05, 0.1) is 16.8 Å². The Balaban J connectivity index is 1.69. The highest BCUT2D eigenvalue weighted by molar-refractivity contribution is 7.99. The first-order chi connectivity index (χ1) is 17.2. The van der Waals surface area contributed by atoms with E-state index in [4.69, 9.17) is 16.3 Å². The van der Waals surface area contributed by atoms with E-state index < -0.39 is 15.8 Å². The molecule has 1 atom stereocenters. The van der Waals surface area contributed by atoms with Crippen LogP contribution in [-0.4, -0.2) is 30.3 Å². The third-order valence-electron chi connectivity index (χ3n) is 6.29. The molecule has 5 rings (SSSR count). The molecular formula is C27H24ClNO5S2. The molecular weight excluding hydrogens is 518 g/mol. The third-order valence-corrected chi connectivity index (χ3v) is 8.78. The van der Waals surface area contributed by atoms with Gasteiger partial charge in [0.25, 0.3) is 0 Å². The zero-order valence-corrected chi connectivity index (χ0v) is 21.9. The average Bonchev–Trinajstić information content (AvgIpc) is 3.37. The number of fused-ring (bicyclic) bond motifs is 3. The van der Waals surface area contributed by atoms with E-state index in [9.17, 15) is 18.3 Å². The molecule has 36 heavy (non-hydrogen) atoms. The van der Waals surface area contributed by atoms with Gasteiger partial charge in [-0.15, -0.1) is 0 Å². The van der Waals surface area contributed by atoms with E-state index in [2.05, 4.69) is 4.57 Å². The minimum atomic E-state index is -3.63. The minimum absolute atomic E-state index is 0.0178. The number of carboxylic acids is 1. The Kier molecular flexibility index (Phi) is 6.76. The molecule has 0 saturated heterocycles. The molecule has 0 aliphatic carbocycles. The predicted octanol–water partition coefficient (Wildman–Crippen LogP) is 6.39. The number of carbonyl (C=O) groups is 1. The Bertz CT molecular complexity index is 1550. The number of aryl methyl sites for hydroxylation is 1.